The second kappa shape index (κ2) is 6.23. The molecule has 1 amide bonds. The predicted molar refractivity (Wildman–Crippen MR) is 84.0 cm³/mol. The van der Waals surface area contributed by atoms with Gasteiger partial charge in [-0.05, 0) is 58.2 Å². The molecule has 5 nitrogen and oxygen atoms in total. The van der Waals surface area contributed by atoms with Crippen molar-refractivity contribution in [1.82, 2.24) is 20.7 Å². The van der Waals surface area contributed by atoms with E-state index in [-0.39, 0.29) is 11.7 Å². The largest absolute Gasteiger partial charge is 0.352 e. The van der Waals surface area contributed by atoms with E-state index in [2.05, 4.69) is 36.7 Å². The predicted octanol–water partition coefficient (Wildman–Crippen LogP) is 2.83. The van der Waals surface area contributed by atoms with Crippen molar-refractivity contribution in [1.29, 1.82) is 0 Å². The second-order valence-electron chi connectivity index (χ2n) is 4.78. The Morgan fingerprint density at radius 3 is 2.82 bits per heavy atom. The summed E-state index contributed by atoms with van der Waals surface area (Å²) in [5.74, 6) is -0.472. The summed E-state index contributed by atoms with van der Waals surface area (Å²) in [6, 6.07) is 9.94. The maximum Gasteiger partial charge on any atom is 0.251 e. The smallest absolute Gasteiger partial charge is 0.251 e. The van der Waals surface area contributed by atoms with Crippen LogP contribution in [0.3, 0.4) is 0 Å². The number of benzene rings is 2. The van der Waals surface area contributed by atoms with E-state index in [9.17, 15) is 9.18 Å². The highest BCUT2D eigenvalue weighted by molar-refractivity contribution is 9.10. The van der Waals surface area contributed by atoms with Gasteiger partial charge in [0.2, 0.25) is 0 Å². The fraction of sp³-hybridized carbons (Fsp3) is 0.133. The highest BCUT2D eigenvalue weighted by atomic mass is 79.9. The fourth-order valence-corrected chi connectivity index (χ4v) is 2.53. The van der Waals surface area contributed by atoms with Crippen LogP contribution < -0.4 is 5.32 Å². The third kappa shape index (κ3) is 3.14. The van der Waals surface area contributed by atoms with E-state index in [4.69, 9.17) is 0 Å². The van der Waals surface area contributed by atoms with Gasteiger partial charge in [0, 0.05) is 12.1 Å². The van der Waals surface area contributed by atoms with Crippen molar-refractivity contribution in [3.05, 3.63) is 57.8 Å². The molecule has 2 N–H and O–H groups in total. The van der Waals surface area contributed by atoms with Crippen LogP contribution in [0.1, 0.15) is 15.9 Å². The lowest BCUT2D eigenvalue weighted by atomic mass is 10.1. The highest BCUT2D eigenvalue weighted by Crippen LogP contribution is 2.17. The van der Waals surface area contributed by atoms with Gasteiger partial charge in [-0.3, -0.25) is 4.79 Å². The number of aromatic nitrogens is 3. The van der Waals surface area contributed by atoms with Gasteiger partial charge in [0.1, 0.15) is 16.9 Å². The van der Waals surface area contributed by atoms with Gasteiger partial charge in [0.05, 0.1) is 4.47 Å². The van der Waals surface area contributed by atoms with E-state index < -0.39 is 0 Å². The normalized spacial score (nSPS) is 10.8. The molecular weight excluding hydrogens is 351 g/mol. The van der Waals surface area contributed by atoms with E-state index in [1.807, 2.05) is 0 Å². The first-order valence-corrected chi connectivity index (χ1v) is 7.45. The number of amides is 1. The van der Waals surface area contributed by atoms with Crippen LogP contribution in [0.25, 0.3) is 11.0 Å². The van der Waals surface area contributed by atoms with Gasteiger partial charge < -0.3 is 5.32 Å². The monoisotopic (exact) mass is 362 g/mol. The maximum atomic E-state index is 13.1. The fourth-order valence-electron chi connectivity index (χ4n) is 2.10. The number of nitrogens with one attached hydrogen (secondary N) is 2. The van der Waals surface area contributed by atoms with Crippen molar-refractivity contribution in [2.24, 2.45) is 0 Å². The molecule has 2 aromatic carbocycles. The number of aromatic amines is 1. The Labute approximate surface area is 134 Å². The molecule has 1 heterocycles. The molecule has 1 aromatic heterocycles. The molecule has 0 aliphatic heterocycles. The molecule has 3 aromatic rings. The summed E-state index contributed by atoms with van der Waals surface area (Å²) >= 11 is 3.14. The second-order valence-corrected chi connectivity index (χ2v) is 5.64. The summed E-state index contributed by atoms with van der Waals surface area (Å²) in [5, 5.41) is 13.2. The SMILES string of the molecule is O=C(NCCc1ccc(F)c(Br)c1)c1ccc2n[nH]nc2c1. The topological polar surface area (TPSA) is 70.7 Å². The molecule has 0 saturated carbocycles. The van der Waals surface area contributed by atoms with Gasteiger partial charge in [-0.25, -0.2) is 4.39 Å². The summed E-state index contributed by atoms with van der Waals surface area (Å²) in [6.45, 7) is 0.466. The van der Waals surface area contributed by atoms with Crippen LogP contribution in [0, 0.1) is 5.82 Å². The van der Waals surface area contributed by atoms with E-state index in [0.29, 0.717) is 34.0 Å². The van der Waals surface area contributed by atoms with Gasteiger partial charge in [0.25, 0.3) is 5.91 Å². The number of H-pyrrole nitrogens is 1. The molecule has 3 rings (SSSR count). The van der Waals surface area contributed by atoms with Crippen LogP contribution in [-0.2, 0) is 6.42 Å². The van der Waals surface area contributed by atoms with Crippen LogP contribution in [-0.4, -0.2) is 27.9 Å². The molecule has 0 aliphatic carbocycles. The molecule has 7 heteroatoms. The van der Waals surface area contributed by atoms with Crippen LogP contribution in [0.4, 0.5) is 4.39 Å². The lowest BCUT2D eigenvalue weighted by Crippen LogP contribution is -2.25. The van der Waals surface area contributed by atoms with Crippen LogP contribution in [0.5, 0.6) is 0 Å². The van der Waals surface area contributed by atoms with Gasteiger partial charge >= 0.3 is 0 Å². The van der Waals surface area contributed by atoms with E-state index in [1.165, 1.54) is 6.07 Å². The molecule has 0 radical (unpaired) electrons. The number of hydrogen-bond donors (Lipinski definition) is 2. The summed E-state index contributed by atoms with van der Waals surface area (Å²) < 4.78 is 13.6. The molecule has 0 bridgehead atoms. The van der Waals surface area contributed by atoms with E-state index in [1.54, 1.807) is 30.3 Å². The van der Waals surface area contributed by atoms with E-state index in [0.717, 1.165) is 5.56 Å². The summed E-state index contributed by atoms with van der Waals surface area (Å²) in [6.07, 6.45) is 0.622. The number of hydrogen-bond acceptors (Lipinski definition) is 3. The van der Waals surface area contributed by atoms with Crippen molar-refractivity contribution in [2.45, 2.75) is 6.42 Å². The van der Waals surface area contributed by atoms with Gasteiger partial charge in [-0.2, -0.15) is 15.4 Å². The molecule has 0 spiro atoms. The standard InChI is InChI=1S/C15H12BrFN4O/c16-11-7-9(1-3-12(11)17)5-6-18-15(22)10-2-4-13-14(8-10)20-21-19-13/h1-4,7-8H,5-6H2,(H,18,22)(H,19,20,21). The van der Waals surface area contributed by atoms with Gasteiger partial charge in [-0.1, -0.05) is 6.07 Å². The van der Waals surface area contributed by atoms with Crippen molar-refractivity contribution in [2.75, 3.05) is 6.54 Å². The third-order valence-electron chi connectivity index (χ3n) is 3.26. The summed E-state index contributed by atoms with van der Waals surface area (Å²) in [7, 11) is 0. The Kier molecular flexibility index (Phi) is 4.15. The summed E-state index contributed by atoms with van der Waals surface area (Å²) in [5.41, 5.74) is 2.84. The Hall–Kier alpha value is -2.28. The van der Waals surface area contributed by atoms with E-state index >= 15 is 0 Å². The quantitative estimate of drug-likeness (QED) is 0.749. The highest BCUT2D eigenvalue weighted by Gasteiger charge is 2.08. The molecule has 0 aliphatic rings. The number of nitrogens with zero attached hydrogens (tertiary/aromatic N) is 2. The van der Waals surface area contributed by atoms with Crippen molar-refractivity contribution >= 4 is 32.9 Å². The Balaban J connectivity index is 1.60. The van der Waals surface area contributed by atoms with Crippen molar-refractivity contribution in [3.63, 3.8) is 0 Å². The zero-order chi connectivity index (χ0) is 15.5. The van der Waals surface area contributed by atoms with Crippen LogP contribution in [0.2, 0.25) is 0 Å². The molecular formula is C15H12BrFN4O. The summed E-state index contributed by atoms with van der Waals surface area (Å²) in [4.78, 5) is 12.1. The number of halogens is 2. The number of rotatable bonds is 4. The maximum absolute atomic E-state index is 13.1. The molecule has 0 fully saturated rings. The Morgan fingerprint density at radius 2 is 2.00 bits per heavy atom. The lowest BCUT2D eigenvalue weighted by molar-refractivity contribution is 0.0954. The van der Waals surface area contributed by atoms with Crippen LogP contribution in [0.15, 0.2) is 40.9 Å². The Bertz CT molecular complexity index is 833. The lowest BCUT2D eigenvalue weighted by Gasteiger charge is -2.06. The van der Waals surface area contributed by atoms with Crippen molar-refractivity contribution in [3.8, 4) is 0 Å². The van der Waals surface area contributed by atoms with Gasteiger partial charge in [-0.15, -0.1) is 0 Å². The molecule has 0 atom stereocenters. The molecule has 112 valence electrons. The van der Waals surface area contributed by atoms with Gasteiger partial charge in [0.15, 0.2) is 0 Å². The minimum Gasteiger partial charge on any atom is -0.352 e. The number of carbonyl (C=O) groups is 1. The minimum absolute atomic E-state index is 0.175. The first-order chi connectivity index (χ1) is 10.6. The zero-order valence-corrected chi connectivity index (χ0v) is 13.0. The molecule has 0 saturated heterocycles. The number of carbonyl (C=O) groups excluding carboxylic acids is 1. The average Bonchev–Trinajstić information content (AvgIpc) is 2.98. The molecule has 0 unspecified atom stereocenters. The third-order valence-corrected chi connectivity index (χ3v) is 3.87. The number of fused-ring (bicyclic) bond motifs is 1. The minimum atomic E-state index is -0.297. The first-order valence-electron chi connectivity index (χ1n) is 6.66. The Morgan fingerprint density at radius 1 is 1.18 bits per heavy atom. The average molecular weight is 363 g/mol. The molecule has 22 heavy (non-hydrogen) atoms. The first kappa shape index (κ1) is 14.6. The zero-order valence-electron chi connectivity index (χ0n) is 11.4. The van der Waals surface area contributed by atoms with Crippen LogP contribution >= 0.6 is 15.9 Å². The van der Waals surface area contributed by atoms with Crippen molar-refractivity contribution < 1.29 is 9.18 Å².